The number of imidazole rings is 1. The summed E-state index contributed by atoms with van der Waals surface area (Å²) in [6.45, 7) is 1.74. The van der Waals surface area contributed by atoms with E-state index < -0.39 is 5.91 Å². The largest absolute Gasteiger partial charge is 0.467 e. The van der Waals surface area contributed by atoms with Crippen LogP contribution < -0.4 is 10.8 Å². The Morgan fingerprint density at radius 2 is 2.24 bits per heavy atom. The third kappa shape index (κ3) is 5.03. The van der Waals surface area contributed by atoms with Crippen LogP contribution in [0.1, 0.15) is 11.3 Å². The number of fused-ring (bicyclic) bond motifs is 1. The lowest BCUT2D eigenvalue weighted by Crippen LogP contribution is -2.14. The number of carbonyl (C=O) groups excluding carboxylic acids is 2. The summed E-state index contributed by atoms with van der Waals surface area (Å²) in [5.41, 5.74) is 3.76. The van der Waals surface area contributed by atoms with Gasteiger partial charge in [-0.15, -0.1) is 0 Å². The van der Waals surface area contributed by atoms with E-state index in [1.807, 2.05) is 16.7 Å². The van der Waals surface area contributed by atoms with Gasteiger partial charge in [-0.3, -0.25) is 19.2 Å². The van der Waals surface area contributed by atoms with Crippen LogP contribution in [0, 0.1) is 0 Å². The predicted molar refractivity (Wildman–Crippen MR) is 90.2 cm³/mol. The molecule has 1 amide bonds. The molecule has 0 bridgehead atoms. The summed E-state index contributed by atoms with van der Waals surface area (Å²) < 4.78 is 11.7. The lowest BCUT2D eigenvalue weighted by molar-refractivity contribution is -0.128. The van der Waals surface area contributed by atoms with Crippen molar-refractivity contribution in [2.45, 2.75) is 6.42 Å². The molecule has 0 aromatic carbocycles. The van der Waals surface area contributed by atoms with Crippen LogP contribution in [0.15, 0.2) is 24.4 Å². The van der Waals surface area contributed by atoms with Gasteiger partial charge in [0.2, 0.25) is 0 Å². The maximum Gasteiger partial charge on any atom is 0.293 e. The number of nitrogens with zero attached hydrogens (tertiary/aromatic N) is 2. The molecule has 2 aromatic heterocycles. The minimum atomic E-state index is -0.615. The standard InChI is InChI=1S/C16H20N4O5/c1-24-9-7-17-16-13(6-8-25-11-21)18-14-4-2-12(10-20(14)16)3-5-15(22)19-23/h2-5,10-11,17,23H,6-9H2,1H3,(H,19,22)/b5-3+. The maximum absolute atomic E-state index is 11.1. The van der Waals surface area contributed by atoms with Gasteiger partial charge >= 0.3 is 0 Å². The van der Waals surface area contributed by atoms with E-state index in [0.29, 0.717) is 31.7 Å². The number of hydroxylamine groups is 1. The zero-order valence-electron chi connectivity index (χ0n) is 13.8. The summed E-state index contributed by atoms with van der Waals surface area (Å²) >= 11 is 0. The van der Waals surface area contributed by atoms with Gasteiger partial charge in [-0.2, -0.15) is 0 Å². The number of hydrogen-bond donors (Lipinski definition) is 3. The number of nitrogens with one attached hydrogen (secondary N) is 2. The van der Waals surface area contributed by atoms with E-state index in [9.17, 15) is 9.59 Å². The Bertz CT molecular complexity index is 756. The quantitative estimate of drug-likeness (QED) is 0.190. The van der Waals surface area contributed by atoms with Crippen LogP contribution in [-0.2, 0) is 25.5 Å². The van der Waals surface area contributed by atoms with E-state index in [-0.39, 0.29) is 6.61 Å². The molecule has 0 fully saturated rings. The van der Waals surface area contributed by atoms with Gasteiger partial charge in [0.25, 0.3) is 12.4 Å². The van der Waals surface area contributed by atoms with E-state index in [4.69, 9.17) is 14.7 Å². The predicted octanol–water partition coefficient (Wildman–Crippen LogP) is 0.627. The van der Waals surface area contributed by atoms with Gasteiger partial charge in [0.1, 0.15) is 11.5 Å². The molecule has 0 spiro atoms. The second-order valence-corrected chi connectivity index (χ2v) is 5.04. The maximum atomic E-state index is 11.1. The second-order valence-electron chi connectivity index (χ2n) is 5.04. The number of pyridine rings is 1. The summed E-state index contributed by atoms with van der Waals surface area (Å²) in [7, 11) is 1.62. The summed E-state index contributed by atoms with van der Waals surface area (Å²) in [6.07, 6.45) is 5.06. The van der Waals surface area contributed by atoms with Crippen molar-refractivity contribution in [3.8, 4) is 0 Å². The zero-order chi connectivity index (χ0) is 18.1. The molecule has 0 saturated heterocycles. The summed E-state index contributed by atoms with van der Waals surface area (Å²) in [5.74, 6) is 0.152. The normalized spacial score (nSPS) is 11.0. The number of ether oxygens (including phenoxy) is 2. The van der Waals surface area contributed by atoms with Crippen LogP contribution in [0.2, 0.25) is 0 Å². The minimum Gasteiger partial charge on any atom is -0.467 e. The van der Waals surface area contributed by atoms with Crippen molar-refractivity contribution in [1.29, 1.82) is 0 Å². The Morgan fingerprint density at radius 1 is 1.40 bits per heavy atom. The van der Waals surface area contributed by atoms with Crippen molar-refractivity contribution in [3.63, 3.8) is 0 Å². The summed E-state index contributed by atoms with van der Waals surface area (Å²) in [5, 5.41) is 11.8. The number of hydrogen-bond acceptors (Lipinski definition) is 7. The molecule has 2 heterocycles. The van der Waals surface area contributed by atoms with Gasteiger partial charge < -0.3 is 14.8 Å². The number of amides is 1. The highest BCUT2D eigenvalue weighted by molar-refractivity contribution is 5.90. The second kappa shape index (κ2) is 9.40. The first-order valence-electron chi connectivity index (χ1n) is 7.60. The lowest BCUT2D eigenvalue weighted by Gasteiger charge is -2.08. The fraction of sp³-hybridized carbons (Fsp3) is 0.312. The van der Waals surface area contributed by atoms with Crippen LogP contribution in [0.4, 0.5) is 5.82 Å². The molecule has 0 aliphatic rings. The Labute approximate surface area is 144 Å². The fourth-order valence-corrected chi connectivity index (χ4v) is 2.25. The minimum absolute atomic E-state index is 0.232. The Morgan fingerprint density at radius 3 is 2.96 bits per heavy atom. The number of anilines is 1. The molecule has 2 aromatic rings. The highest BCUT2D eigenvalue weighted by Crippen LogP contribution is 2.20. The molecule has 0 atom stereocenters. The van der Waals surface area contributed by atoms with Crippen molar-refractivity contribution in [2.24, 2.45) is 0 Å². The first kappa shape index (κ1) is 18.4. The molecule has 0 saturated carbocycles. The number of methoxy groups -OCH3 is 1. The van der Waals surface area contributed by atoms with Gasteiger partial charge in [-0.25, -0.2) is 10.5 Å². The summed E-state index contributed by atoms with van der Waals surface area (Å²) in [6, 6.07) is 3.61. The molecule has 0 radical (unpaired) electrons. The fourth-order valence-electron chi connectivity index (χ4n) is 2.25. The molecular formula is C16H20N4O5. The van der Waals surface area contributed by atoms with E-state index in [2.05, 4.69) is 10.3 Å². The number of carbonyl (C=O) groups is 2. The van der Waals surface area contributed by atoms with Gasteiger partial charge in [-0.1, -0.05) is 0 Å². The topological polar surface area (TPSA) is 114 Å². The zero-order valence-corrected chi connectivity index (χ0v) is 13.8. The monoisotopic (exact) mass is 348 g/mol. The van der Waals surface area contributed by atoms with Crippen LogP contribution in [0.5, 0.6) is 0 Å². The molecule has 0 aliphatic carbocycles. The van der Waals surface area contributed by atoms with Crippen molar-refractivity contribution in [2.75, 3.05) is 32.2 Å². The molecule has 0 aliphatic heterocycles. The molecule has 3 N–H and O–H groups in total. The Kier molecular flexibility index (Phi) is 6.93. The molecular weight excluding hydrogens is 328 g/mol. The van der Waals surface area contributed by atoms with Crippen LogP contribution in [-0.4, -0.2) is 53.8 Å². The number of rotatable bonds is 10. The van der Waals surface area contributed by atoms with Crippen LogP contribution in [0.25, 0.3) is 11.7 Å². The molecule has 9 heteroatoms. The van der Waals surface area contributed by atoms with Crippen molar-refractivity contribution in [1.82, 2.24) is 14.9 Å². The van der Waals surface area contributed by atoms with Crippen molar-refractivity contribution in [3.05, 3.63) is 35.7 Å². The van der Waals surface area contributed by atoms with Gasteiger partial charge in [-0.05, 0) is 23.8 Å². The third-order valence-corrected chi connectivity index (χ3v) is 3.37. The molecule has 9 nitrogen and oxygen atoms in total. The van der Waals surface area contributed by atoms with Gasteiger partial charge in [0.05, 0.1) is 18.9 Å². The van der Waals surface area contributed by atoms with Crippen LogP contribution in [0.3, 0.4) is 0 Å². The molecule has 25 heavy (non-hydrogen) atoms. The SMILES string of the molecule is COCCNc1c(CCOC=O)nc2ccc(/C=C/C(=O)NO)cn12. The van der Waals surface area contributed by atoms with Crippen LogP contribution >= 0.6 is 0 Å². The van der Waals surface area contributed by atoms with E-state index in [1.54, 1.807) is 19.3 Å². The Hall–Kier alpha value is -2.91. The highest BCUT2D eigenvalue weighted by atomic mass is 16.5. The number of aromatic nitrogens is 2. The average molecular weight is 348 g/mol. The third-order valence-electron chi connectivity index (χ3n) is 3.37. The van der Waals surface area contributed by atoms with Gasteiger partial charge in [0.15, 0.2) is 0 Å². The van der Waals surface area contributed by atoms with Gasteiger partial charge in [0, 0.05) is 32.3 Å². The van der Waals surface area contributed by atoms with E-state index >= 15 is 0 Å². The summed E-state index contributed by atoms with van der Waals surface area (Å²) in [4.78, 5) is 26.0. The van der Waals surface area contributed by atoms with Crippen molar-refractivity contribution >= 4 is 29.9 Å². The highest BCUT2D eigenvalue weighted by Gasteiger charge is 2.12. The lowest BCUT2D eigenvalue weighted by atomic mass is 10.2. The smallest absolute Gasteiger partial charge is 0.293 e. The van der Waals surface area contributed by atoms with Crippen molar-refractivity contribution < 1.29 is 24.3 Å². The Balaban J connectivity index is 2.32. The first-order chi connectivity index (χ1) is 12.2. The molecule has 0 unspecified atom stereocenters. The molecule has 2 rings (SSSR count). The van der Waals surface area contributed by atoms with E-state index in [0.717, 1.165) is 17.1 Å². The average Bonchev–Trinajstić information content (AvgIpc) is 2.97. The first-order valence-corrected chi connectivity index (χ1v) is 7.60. The molecule has 134 valence electrons. The van der Waals surface area contributed by atoms with E-state index in [1.165, 1.54) is 11.6 Å².